The summed E-state index contributed by atoms with van der Waals surface area (Å²) in [6.07, 6.45) is -3.87. The minimum atomic E-state index is -2.60. The minimum Gasteiger partial charge on any atom is -0.385 e. The first kappa shape index (κ1) is 42.6. The second kappa shape index (κ2) is 17.8. The molecule has 0 aliphatic heterocycles. The van der Waals surface area contributed by atoms with Gasteiger partial charge in [0.05, 0.1) is 4.92 Å². The molecule has 9 nitrogen and oxygen atoms in total. The molecule has 0 saturated carbocycles. The first-order valence-corrected chi connectivity index (χ1v) is 21.5. The van der Waals surface area contributed by atoms with Crippen LogP contribution in [-0.2, 0) is 5.60 Å². The molecular formula is C42H35BrClI3N4O5. The molecule has 0 heterocycles. The highest BCUT2D eigenvalue weighted by molar-refractivity contribution is 14.1. The highest BCUT2D eigenvalue weighted by atomic mass is 127. The third-order valence-electron chi connectivity index (χ3n) is 9.47. The molecule has 0 radical (unpaired) electrons. The molecule has 56 heavy (non-hydrogen) atoms. The topological polar surface area (TPSA) is 140 Å². The Morgan fingerprint density at radius 3 is 1.50 bits per heavy atom. The van der Waals surface area contributed by atoms with E-state index in [1.54, 1.807) is 30.3 Å². The lowest BCUT2D eigenvalue weighted by Gasteiger charge is -2.40. The first-order chi connectivity index (χ1) is 26.5. The number of hydrogen-bond acceptors (Lipinski definition) is 8. The van der Waals surface area contributed by atoms with Gasteiger partial charge in [-0.3, -0.25) is 10.1 Å². The lowest BCUT2D eigenvalue weighted by atomic mass is 9.76. The number of aliphatic hydroxyl groups excluding tert-OH is 2. The van der Waals surface area contributed by atoms with E-state index >= 15 is 0 Å². The van der Waals surface area contributed by atoms with Crippen LogP contribution in [0.25, 0.3) is 0 Å². The molecular weight excluding hydrogens is 1140 g/mol. The molecule has 0 bridgehead atoms. The molecule has 288 valence electrons. The maximum atomic E-state index is 13.5. The molecule has 0 amide bonds. The Balaban J connectivity index is 1.60. The molecule has 0 aliphatic carbocycles. The van der Waals surface area contributed by atoms with Crippen molar-refractivity contribution in [3.8, 4) is 0 Å². The summed E-state index contributed by atoms with van der Waals surface area (Å²) in [5, 5.41) is 61.7. The molecule has 6 aromatic carbocycles. The highest BCUT2D eigenvalue weighted by Gasteiger charge is 2.49. The molecule has 0 fully saturated rings. The van der Waals surface area contributed by atoms with Crippen molar-refractivity contribution in [2.75, 3.05) is 16.0 Å². The Bertz CT molecular complexity index is 2470. The van der Waals surface area contributed by atoms with Gasteiger partial charge < -0.3 is 31.3 Å². The molecule has 0 spiro atoms. The van der Waals surface area contributed by atoms with E-state index < -0.39 is 22.7 Å². The predicted octanol–water partition coefficient (Wildman–Crippen LogP) is 12.6. The van der Waals surface area contributed by atoms with Gasteiger partial charge in [0.2, 0.25) is 0 Å². The lowest BCUT2D eigenvalue weighted by molar-refractivity contribution is -0.385. The zero-order chi connectivity index (χ0) is 40.5. The van der Waals surface area contributed by atoms with Gasteiger partial charge in [0.15, 0.2) is 5.60 Å². The van der Waals surface area contributed by atoms with Crippen molar-refractivity contribution < 1.29 is 20.2 Å². The number of nitrogens with zero attached hydrogens (tertiary/aromatic N) is 1. The van der Waals surface area contributed by atoms with Gasteiger partial charge in [-0.05, 0) is 202 Å². The maximum absolute atomic E-state index is 13.5. The van der Waals surface area contributed by atoms with Gasteiger partial charge in [-0.1, -0.05) is 27.5 Å². The summed E-state index contributed by atoms with van der Waals surface area (Å²) < 4.78 is 3.62. The second-order valence-corrected chi connectivity index (χ2v) is 18.4. The maximum Gasteiger partial charge on any atom is 0.269 e. The number of nitro groups is 1. The number of non-ortho nitro benzene ring substituents is 1. The average Bonchev–Trinajstić information content (AvgIpc) is 3.15. The SMILES string of the molecule is Cc1cc(I)ccc1Nc1ccc(Cl)cc1C(O)C(O)(c1cc(Br)ccc1Nc1ccc(I)cc1C)C(O)c1cc([N+](=O)[O-])ccc1Nc1ccc(I)cc1C. The van der Waals surface area contributed by atoms with Crippen LogP contribution in [0.2, 0.25) is 5.02 Å². The monoisotopic (exact) mass is 1170 g/mol. The van der Waals surface area contributed by atoms with Crippen LogP contribution in [0, 0.1) is 41.6 Å². The van der Waals surface area contributed by atoms with E-state index in [1.165, 1.54) is 24.3 Å². The van der Waals surface area contributed by atoms with Gasteiger partial charge in [0.25, 0.3) is 5.69 Å². The van der Waals surface area contributed by atoms with Crippen LogP contribution >= 0.6 is 95.3 Å². The third kappa shape index (κ3) is 9.30. The molecule has 6 N–H and O–H groups in total. The van der Waals surface area contributed by atoms with Crippen molar-refractivity contribution >= 4 is 135 Å². The molecule has 0 aliphatic rings. The molecule has 0 aromatic heterocycles. The van der Waals surface area contributed by atoms with E-state index in [4.69, 9.17) is 11.6 Å². The van der Waals surface area contributed by atoms with E-state index in [-0.39, 0.29) is 33.1 Å². The fourth-order valence-corrected chi connectivity index (χ4v) is 8.97. The van der Waals surface area contributed by atoms with Crippen LogP contribution in [0.3, 0.4) is 0 Å². The Hall–Kier alpha value is -3.04. The first-order valence-electron chi connectivity index (χ1n) is 17.1. The molecule has 3 unspecified atom stereocenters. The van der Waals surface area contributed by atoms with Gasteiger partial charge in [-0.2, -0.15) is 0 Å². The fourth-order valence-electron chi connectivity index (χ4n) is 6.49. The highest BCUT2D eigenvalue weighted by Crippen LogP contribution is 2.52. The molecule has 0 saturated heterocycles. The smallest absolute Gasteiger partial charge is 0.269 e. The minimum absolute atomic E-state index is 0.0277. The summed E-state index contributed by atoms with van der Waals surface area (Å²) in [7, 11) is 0. The summed E-state index contributed by atoms with van der Waals surface area (Å²) >= 11 is 16.9. The zero-order valence-corrected chi connectivity index (χ0v) is 38.9. The third-order valence-corrected chi connectivity index (χ3v) is 12.2. The number of nitrogens with one attached hydrogen (secondary N) is 3. The number of aryl methyl sites for hydroxylation is 3. The Labute approximate surface area is 379 Å². The van der Waals surface area contributed by atoms with Gasteiger partial charge in [0.1, 0.15) is 12.2 Å². The lowest BCUT2D eigenvalue weighted by Crippen LogP contribution is -2.41. The van der Waals surface area contributed by atoms with Crippen LogP contribution in [0.1, 0.15) is 45.6 Å². The van der Waals surface area contributed by atoms with Gasteiger partial charge in [-0.25, -0.2) is 0 Å². The van der Waals surface area contributed by atoms with Crippen molar-refractivity contribution in [3.05, 3.63) is 173 Å². The van der Waals surface area contributed by atoms with Crippen molar-refractivity contribution in [1.29, 1.82) is 0 Å². The van der Waals surface area contributed by atoms with E-state index in [0.29, 0.717) is 21.5 Å². The van der Waals surface area contributed by atoms with Crippen LogP contribution in [0.15, 0.2) is 114 Å². The van der Waals surface area contributed by atoms with E-state index in [9.17, 15) is 25.4 Å². The Kier molecular flexibility index (Phi) is 13.6. The summed E-state index contributed by atoms with van der Waals surface area (Å²) in [6.45, 7) is 5.82. The summed E-state index contributed by atoms with van der Waals surface area (Å²) in [4.78, 5) is 11.7. The van der Waals surface area contributed by atoms with E-state index in [1.807, 2.05) is 75.4 Å². The summed E-state index contributed by atoms with van der Waals surface area (Å²) in [5.74, 6) is 0. The van der Waals surface area contributed by atoms with Crippen molar-refractivity contribution in [2.45, 2.75) is 38.6 Å². The largest absolute Gasteiger partial charge is 0.385 e. The van der Waals surface area contributed by atoms with Gasteiger partial charge in [-0.15, -0.1) is 0 Å². The zero-order valence-electron chi connectivity index (χ0n) is 30.0. The number of anilines is 6. The molecule has 6 aromatic rings. The van der Waals surface area contributed by atoms with Crippen molar-refractivity contribution in [2.24, 2.45) is 0 Å². The molecule has 14 heteroatoms. The van der Waals surface area contributed by atoms with Crippen LogP contribution in [-0.4, -0.2) is 20.2 Å². The Morgan fingerprint density at radius 2 is 1.04 bits per heavy atom. The molecule has 3 atom stereocenters. The van der Waals surface area contributed by atoms with E-state index in [2.05, 4.69) is 99.7 Å². The molecule has 6 rings (SSSR count). The Morgan fingerprint density at radius 1 is 0.625 bits per heavy atom. The number of halogens is 5. The number of aliphatic hydroxyl groups is 3. The number of nitro benzene ring substituents is 1. The number of rotatable bonds is 12. The predicted molar refractivity (Wildman–Crippen MR) is 254 cm³/mol. The van der Waals surface area contributed by atoms with Crippen LogP contribution < -0.4 is 16.0 Å². The van der Waals surface area contributed by atoms with Crippen molar-refractivity contribution in [3.63, 3.8) is 0 Å². The van der Waals surface area contributed by atoms with Gasteiger partial charge >= 0.3 is 0 Å². The standard InChI is InChI=1S/C42H35BrClI3N4O5/c1-22-16-27(45)6-12-34(22)48-37-11-5-26(44)20-31(37)40(52)42(54,33-19-25(43)4-10-39(33)50-36-14-8-29(47)18-24(36)3)41(53)32-21-30(51(55)56)9-15-38(32)49-35-13-7-28(46)17-23(35)2/h4-21,40-41,48-50,52-54H,1-3H3. The second-order valence-electron chi connectivity index (χ2n) is 13.3. The van der Waals surface area contributed by atoms with Crippen molar-refractivity contribution in [1.82, 2.24) is 0 Å². The van der Waals surface area contributed by atoms with Gasteiger partial charge in [0, 0.05) is 83.2 Å². The fraction of sp³-hybridized carbons (Fsp3) is 0.143. The van der Waals surface area contributed by atoms with E-state index in [0.717, 1.165) is 38.8 Å². The summed E-state index contributed by atoms with van der Waals surface area (Å²) in [6, 6.07) is 31.5. The quantitative estimate of drug-likeness (QED) is 0.0405. The normalized spacial score (nSPS) is 13.4. The number of hydrogen-bond donors (Lipinski definition) is 6. The number of benzene rings is 6. The average molecular weight is 1170 g/mol. The summed E-state index contributed by atoms with van der Waals surface area (Å²) in [5.41, 5.74) is 3.31. The van der Waals surface area contributed by atoms with Crippen LogP contribution in [0.4, 0.5) is 39.8 Å². The van der Waals surface area contributed by atoms with Crippen LogP contribution in [0.5, 0.6) is 0 Å².